The summed E-state index contributed by atoms with van der Waals surface area (Å²) in [6, 6.07) is 13.3. The Morgan fingerprint density at radius 2 is 1.87 bits per heavy atom. The minimum atomic E-state index is -0.451. The van der Waals surface area contributed by atoms with Gasteiger partial charge in [0.15, 0.2) is 0 Å². The molecule has 0 spiro atoms. The number of nitrogens with zero attached hydrogens (tertiary/aromatic N) is 2. The molecule has 2 N–H and O–H groups in total. The third-order valence-corrected chi connectivity index (χ3v) is 4.51. The molecule has 2 aromatic carbocycles. The van der Waals surface area contributed by atoms with Crippen molar-refractivity contribution in [2.24, 2.45) is 0 Å². The van der Waals surface area contributed by atoms with Gasteiger partial charge in [0.05, 0.1) is 21.7 Å². The second-order valence-electron chi connectivity index (χ2n) is 6.54. The highest BCUT2D eigenvalue weighted by atomic mass is 16.6. The van der Waals surface area contributed by atoms with Gasteiger partial charge in [0.25, 0.3) is 11.6 Å². The molecule has 3 aromatic rings. The number of aromatic nitrogens is 1. The Labute approximate surface area is 173 Å². The van der Waals surface area contributed by atoms with Gasteiger partial charge in [-0.15, -0.1) is 0 Å². The number of carbonyl (C=O) groups excluding carboxylic acids is 1. The van der Waals surface area contributed by atoms with E-state index in [-0.39, 0.29) is 24.7 Å². The molecule has 0 aliphatic rings. The first-order valence-corrected chi connectivity index (χ1v) is 9.36. The summed E-state index contributed by atoms with van der Waals surface area (Å²) < 4.78 is 11.0. The van der Waals surface area contributed by atoms with Crippen molar-refractivity contribution in [2.75, 3.05) is 18.4 Å². The molecule has 0 unspecified atom stereocenters. The highest BCUT2D eigenvalue weighted by molar-refractivity contribution is 5.96. The van der Waals surface area contributed by atoms with Gasteiger partial charge in [-0.3, -0.25) is 14.9 Å². The predicted molar refractivity (Wildman–Crippen MR) is 111 cm³/mol. The Balaban J connectivity index is 1.57. The lowest BCUT2D eigenvalue weighted by molar-refractivity contribution is -0.384. The van der Waals surface area contributed by atoms with Gasteiger partial charge in [-0.05, 0) is 32.0 Å². The lowest BCUT2D eigenvalue weighted by atomic mass is 10.2. The fourth-order valence-corrected chi connectivity index (χ4v) is 2.89. The van der Waals surface area contributed by atoms with E-state index >= 15 is 0 Å². The number of nitrogens with one attached hydrogen (secondary N) is 2. The molecule has 0 bridgehead atoms. The van der Waals surface area contributed by atoms with Gasteiger partial charge in [-0.1, -0.05) is 29.4 Å². The third-order valence-electron chi connectivity index (χ3n) is 4.51. The first kappa shape index (κ1) is 20.8. The Hall–Kier alpha value is -3.88. The number of carbonyl (C=O) groups is 1. The van der Waals surface area contributed by atoms with Gasteiger partial charge in [-0.25, -0.2) is 0 Å². The van der Waals surface area contributed by atoms with Gasteiger partial charge >= 0.3 is 0 Å². The van der Waals surface area contributed by atoms with Crippen LogP contribution in [-0.2, 0) is 6.61 Å². The molecule has 0 saturated heterocycles. The summed E-state index contributed by atoms with van der Waals surface area (Å²) in [5, 5.41) is 20.7. The number of hydrogen-bond acceptors (Lipinski definition) is 7. The van der Waals surface area contributed by atoms with Crippen molar-refractivity contribution in [3.63, 3.8) is 0 Å². The lowest BCUT2D eigenvalue weighted by Gasteiger charge is -2.12. The summed E-state index contributed by atoms with van der Waals surface area (Å²) in [4.78, 5) is 23.2. The molecule has 3 rings (SSSR count). The summed E-state index contributed by atoms with van der Waals surface area (Å²) in [6.07, 6.45) is 0. The van der Waals surface area contributed by atoms with Crippen LogP contribution in [-0.4, -0.2) is 29.1 Å². The largest absolute Gasteiger partial charge is 0.488 e. The van der Waals surface area contributed by atoms with Crippen LogP contribution in [0.2, 0.25) is 0 Å². The van der Waals surface area contributed by atoms with E-state index in [9.17, 15) is 14.9 Å². The van der Waals surface area contributed by atoms with Crippen LogP contribution in [0.1, 0.15) is 27.4 Å². The molecule has 0 aliphatic carbocycles. The van der Waals surface area contributed by atoms with E-state index < -0.39 is 4.92 Å². The van der Waals surface area contributed by atoms with Crippen LogP contribution in [0, 0.1) is 24.0 Å². The Kier molecular flexibility index (Phi) is 6.63. The topological polar surface area (TPSA) is 120 Å². The standard InChI is InChI=1S/C21H22N4O5/c1-14-17(15(2)30-24-14)13-29-20-10-6-3-7-16(20)21(26)23-12-11-22-18-8-4-5-9-19(18)25(27)28/h3-10,22H,11-13H2,1-2H3,(H,23,26). The summed E-state index contributed by atoms with van der Waals surface area (Å²) >= 11 is 0. The number of ether oxygens (including phenoxy) is 1. The number of amides is 1. The monoisotopic (exact) mass is 410 g/mol. The maximum atomic E-state index is 12.6. The molecule has 0 atom stereocenters. The zero-order valence-corrected chi connectivity index (χ0v) is 16.7. The minimum Gasteiger partial charge on any atom is -0.488 e. The second kappa shape index (κ2) is 9.55. The number of aryl methyl sites for hydroxylation is 2. The van der Waals surface area contributed by atoms with Crippen LogP contribution < -0.4 is 15.4 Å². The van der Waals surface area contributed by atoms with E-state index in [4.69, 9.17) is 9.26 Å². The molecule has 0 aliphatic heterocycles. The third kappa shape index (κ3) is 4.93. The summed E-state index contributed by atoms with van der Waals surface area (Å²) in [7, 11) is 0. The first-order valence-electron chi connectivity index (χ1n) is 9.36. The number of nitro benzene ring substituents is 1. The fourth-order valence-electron chi connectivity index (χ4n) is 2.89. The molecule has 1 heterocycles. The predicted octanol–water partition coefficient (Wildman–Crippen LogP) is 3.62. The van der Waals surface area contributed by atoms with E-state index in [2.05, 4.69) is 15.8 Å². The van der Waals surface area contributed by atoms with Crippen molar-refractivity contribution in [3.8, 4) is 5.75 Å². The molecule has 0 radical (unpaired) electrons. The molecule has 156 valence electrons. The van der Waals surface area contributed by atoms with Crippen molar-refractivity contribution >= 4 is 17.3 Å². The molecule has 0 fully saturated rings. The van der Waals surface area contributed by atoms with Crippen molar-refractivity contribution in [3.05, 3.63) is 81.2 Å². The van der Waals surface area contributed by atoms with Crippen LogP contribution in [0.4, 0.5) is 11.4 Å². The molecule has 9 nitrogen and oxygen atoms in total. The van der Waals surface area contributed by atoms with Crippen LogP contribution in [0.3, 0.4) is 0 Å². The smallest absolute Gasteiger partial charge is 0.292 e. The van der Waals surface area contributed by atoms with Crippen molar-refractivity contribution in [2.45, 2.75) is 20.5 Å². The molecule has 0 saturated carbocycles. The van der Waals surface area contributed by atoms with E-state index in [0.717, 1.165) is 11.3 Å². The Bertz CT molecular complexity index is 1030. The minimum absolute atomic E-state index is 0.0121. The number of anilines is 1. The average Bonchev–Trinajstić information content (AvgIpc) is 3.07. The van der Waals surface area contributed by atoms with Crippen molar-refractivity contribution < 1.29 is 19.0 Å². The molecular weight excluding hydrogens is 388 g/mol. The van der Waals surface area contributed by atoms with Crippen LogP contribution in [0.15, 0.2) is 53.1 Å². The zero-order chi connectivity index (χ0) is 21.5. The van der Waals surface area contributed by atoms with E-state index in [1.165, 1.54) is 6.07 Å². The first-order chi connectivity index (χ1) is 14.5. The van der Waals surface area contributed by atoms with Gasteiger partial charge in [0.2, 0.25) is 0 Å². The number of para-hydroxylation sites is 3. The highest BCUT2D eigenvalue weighted by Gasteiger charge is 2.15. The van der Waals surface area contributed by atoms with Gasteiger partial charge < -0.3 is 19.9 Å². The zero-order valence-electron chi connectivity index (χ0n) is 16.7. The summed E-state index contributed by atoms with van der Waals surface area (Å²) in [5.41, 5.74) is 2.38. The van der Waals surface area contributed by atoms with Gasteiger partial charge in [-0.2, -0.15) is 0 Å². The van der Waals surface area contributed by atoms with Crippen LogP contribution in [0.5, 0.6) is 5.75 Å². The second-order valence-corrected chi connectivity index (χ2v) is 6.54. The number of rotatable bonds is 9. The van der Waals surface area contributed by atoms with E-state index in [1.807, 2.05) is 6.92 Å². The maximum absolute atomic E-state index is 12.6. The van der Waals surface area contributed by atoms with E-state index in [0.29, 0.717) is 29.3 Å². The molecule has 9 heteroatoms. The van der Waals surface area contributed by atoms with Crippen LogP contribution in [0.25, 0.3) is 0 Å². The normalized spacial score (nSPS) is 10.5. The summed E-state index contributed by atoms with van der Waals surface area (Å²) in [6.45, 7) is 4.49. The summed E-state index contributed by atoms with van der Waals surface area (Å²) in [5.74, 6) is 0.825. The maximum Gasteiger partial charge on any atom is 0.292 e. The number of hydrogen-bond donors (Lipinski definition) is 2. The number of nitro groups is 1. The number of benzene rings is 2. The van der Waals surface area contributed by atoms with E-state index in [1.54, 1.807) is 49.4 Å². The van der Waals surface area contributed by atoms with Crippen molar-refractivity contribution in [1.82, 2.24) is 10.5 Å². The quantitative estimate of drug-likeness (QED) is 0.314. The van der Waals surface area contributed by atoms with Gasteiger partial charge in [0.1, 0.15) is 23.8 Å². The highest BCUT2D eigenvalue weighted by Crippen LogP contribution is 2.23. The molecule has 1 aromatic heterocycles. The SMILES string of the molecule is Cc1noc(C)c1COc1ccccc1C(=O)NCCNc1ccccc1[N+](=O)[O-]. The Morgan fingerprint density at radius 1 is 1.13 bits per heavy atom. The average molecular weight is 410 g/mol. The molecular formula is C21H22N4O5. The fraction of sp³-hybridized carbons (Fsp3) is 0.238. The molecule has 1 amide bonds. The lowest BCUT2D eigenvalue weighted by Crippen LogP contribution is -2.29. The molecule has 30 heavy (non-hydrogen) atoms. The van der Waals surface area contributed by atoms with Crippen LogP contribution >= 0.6 is 0 Å². The van der Waals surface area contributed by atoms with Crippen molar-refractivity contribution in [1.29, 1.82) is 0 Å². The Morgan fingerprint density at radius 3 is 2.60 bits per heavy atom. The van der Waals surface area contributed by atoms with Gasteiger partial charge in [0, 0.05) is 19.2 Å².